The van der Waals surface area contributed by atoms with Crippen molar-refractivity contribution in [3.8, 4) is 0 Å². The van der Waals surface area contributed by atoms with Gasteiger partial charge in [0.2, 0.25) is 5.91 Å². The van der Waals surface area contributed by atoms with Crippen LogP contribution in [0.15, 0.2) is 0 Å². The molecular weight excluding hydrogens is 296 g/mol. The van der Waals surface area contributed by atoms with E-state index in [1.54, 1.807) is 23.9 Å². The van der Waals surface area contributed by atoms with Crippen molar-refractivity contribution < 1.29 is 18.0 Å². The Hall–Kier alpha value is -1.35. The molecule has 1 rings (SSSR count). The number of carbonyl (C=O) groups is 2. The molecule has 1 heterocycles. The summed E-state index contributed by atoms with van der Waals surface area (Å²) in [6.07, 6.45) is 1.24. The van der Waals surface area contributed by atoms with Crippen molar-refractivity contribution in [3.05, 3.63) is 0 Å². The van der Waals surface area contributed by atoms with E-state index >= 15 is 0 Å². The van der Waals surface area contributed by atoms with Gasteiger partial charge in [-0.15, -0.1) is 0 Å². The molecule has 1 atom stereocenters. The smallest absolute Gasteiger partial charge is 0.319 e. The Bertz CT molecular complexity index is 483. The van der Waals surface area contributed by atoms with Gasteiger partial charge in [-0.25, -0.2) is 13.2 Å². The second kappa shape index (κ2) is 7.08. The fourth-order valence-electron chi connectivity index (χ4n) is 2.10. The number of sulfone groups is 1. The van der Waals surface area contributed by atoms with Gasteiger partial charge in [-0.3, -0.25) is 4.79 Å². The molecule has 0 bridgehead atoms. The molecule has 0 saturated carbocycles. The molecule has 2 N–H and O–H groups in total. The summed E-state index contributed by atoms with van der Waals surface area (Å²) >= 11 is 0. The largest absolute Gasteiger partial charge is 0.338 e. The van der Waals surface area contributed by atoms with Crippen molar-refractivity contribution in [2.45, 2.75) is 12.5 Å². The van der Waals surface area contributed by atoms with E-state index in [0.717, 1.165) is 6.26 Å². The molecule has 1 fully saturated rings. The molecule has 8 nitrogen and oxygen atoms in total. The first-order valence-corrected chi connectivity index (χ1v) is 8.86. The molecule has 0 aromatic heterocycles. The quantitative estimate of drug-likeness (QED) is 0.684. The summed E-state index contributed by atoms with van der Waals surface area (Å²) in [6, 6.07) is -0.890. The lowest BCUT2D eigenvalue weighted by Gasteiger charge is -2.36. The highest BCUT2D eigenvalue weighted by molar-refractivity contribution is 7.90. The Labute approximate surface area is 125 Å². The Morgan fingerprint density at radius 3 is 2.05 bits per heavy atom. The number of piperazine rings is 1. The van der Waals surface area contributed by atoms with E-state index in [1.165, 1.54) is 4.90 Å². The summed E-state index contributed by atoms with van der Waals surface area (Å²) in [5.74, 6) is -0.352. The van der Waals surface area contributed by atoms with E-state index in [4.69, 9.17) is 5.73 Å². The first-order chi connectivity index (χ1) is 9.61. The molecule has 0 radical (unpaired) electrons. The molecule has 122 valence electrons. The SMILES string of the molecule is CN(C)C(=O)N1CCN(C(=O)C(N)CCS(C)(=O)=O)CC1. The normalized spacial score (nSPS) is 17.5. The van der Waals surface area contributed by atoms with Gasteiger partial charge in [-0.1, -0.05) is 0 Å². The predicted molar refractivity (Wildman–Crippen MR) is 79.5 cm³/mol. The highest BCUT2D eigenvalue weighted by atomic mass is 32.2. The van der Waals surface area contributed by atoms with E-state index in [1.807, 2.05) is 0 Å². The van der Waals surface area contributed by atoms with Gasteiger partial charge >= 0.3 is 6.03 Å². The Balaban J connectivity index is 2.46. The van der Waals surface area contributed by atoms with E-state index in [-0.39, 0.29) is 24.1 Å². The van der Waals surface area contributed by atoms with E-state index in [9.17, 15) is 18.0 Å². The van der Waals surface area contributed by atoms with Crippen molar-refractivity contribution in [3.63, 3.8) is 0 Å². The van der Waals surface area contributed by atoms with Gasteiger partial charge in [-0.2, -0.15) is 0 Å². The molecule has 3 amide bonds. The number of urea groups is 1. The highest BCUT2D eigenvalue weighted by Crippen LogP contribution is 2.07. The van der Waals surface area contributed by atoms with Crippen LogP contribution in [0.5, 0.6) is 0 Å². The van der Waals surface area contributed by atoms with Crippen LogP contribution in [0, 0.1) is 0 Å². The number of hydrogen-bond donors (Lipinski definition) is 1. The van der Waals surface area contributed by atoms with Gasteiger partial charge in [0.15, 0.2) is 0 Å². The van der Waals surface area contributed by atoms with Crippen molar-refractivity contribution in [1.82, 2.24) is 14.7 Å². The summed E-state index contributed by atoms with van der Waals surface area (Å²) in [5, 5.41) is 0. The van der Waals surface area contributed by atoms with Crippen LogP contribution >= 0.6 is 0 Å². The van der Waals surface area contributed by atoms with Crippen LogP contribution in [0.3, 0.4) is 0 Å². The molecule has 9 heteroatoms. The number of amides is 3. The molecule has 1 aliphatic heterocycles. The van der Waals surface area contributed by atoms with Crippen molar-refractivity contribution in [2.75, 3.05) is 52.3 Å². The lowest BCUT2D eigenvalue weighted by Crippen LogP contribution is -2.55. The molecule has 0 aromatic carbocycles. The van der Waals surface area contributed by atoms with Gasteiger partial charge in [0.25, 0.3) is 0 Å². The second-order valence-corrected chi connectivity index (χ2v) is 7.77. The lowest BCUT2D eigenvalue weighted by atomic mass is 10.2. The molecule has 1 unspecified atom stereocenters. The van der Waals surface area contributed by atoms with E-state index in [2.05, 4.69) is 0 Å². The molecule has 1 saturated heterocycles. The first-order valence-electron chi connectivity index (χ1n) is 6.80. The Kier molecular flexibility index (Phi) is 5.97. The van der Waals surface area contributed by atoms with Crippen molar-refractivity contribution in [2.24, 2.45) is 5.73 Å². The summed E-state index contributed by atoms with van der Waals surface area (Å²) in [6.45, 7) is 1.76. The predicted octanol–water partition coefficient (Wildman–Crippen LogP) is -1.43. The van der Waals surface area contributed by atoms with Gasteiger partial charge in [0.1, 0.15) is 9.84 Å². The van der Waals surface area contributed by atoms with Crippen LogP contribution in [0.25, 0.3) is 0 Å². The van der Waals surface area contributed by atoms with Gasteiger partial charge in [0, 0.05) is 46.5 Å². The minimum Gasteiger partial charge on any atom is -0.338 e. The summed E-state index contributed by atoms with van der Waals surface area (Å²) in [4.78, 5) is 28.7. The summed E-state index contributed by atoms with van der Waals surface area (Å²) < 4.78 is 22.2. The van der Waals surface area contributed by atoms with E-state index in [0.29, 0.717) is 26.2 Å². The van der Waals surface area contributed by atoms with Crippen molar-refractivity contribution >= 4 is 21.8 Å². The van der Waals surface area contributed by atoms with Gasteiger partial charge in [-0.05, 0) is 6.42 Å². The Morgan fingerprint density at radius 1 is 1.14 bits per heavy atom. The number of carbonyl (C=O) groups excluding carboxylic acids is 2. The van der Waals surface area contributed by atoms with Crippen LogP contribution in [0.2, 0.25) is 0 Å². The minimum atomic E-state index is -3.12. The zero-order valence-corrected chi connectivity index (χ0v) is 13.6. The van der Waals surface area contributed by atoms with Gasteiger partial charge in [0.05, 0.1) is 11.8 Å². The van der Waals surface area contributed by atoms with Crippen LogP contribution in [-0.4, -0.2) is 93.4 Å². The fourth-order valence-corrected chi connectivity index (χ4v) is 2.78. The maximum absolute atomic E-state index is 12.1. The molecular formula is C12H24N4O4S. The topological polar surface area (TPSA) is 104 Å². The van der Waals surface area contributed by atoms with Crippen molar-refractivity contribution in [1.29, 1.82) is 0 Å². The molecule has 0 spiro atoms. The highest BCUT2D eigenvalue weighted by Gasteiger charge is 2.28. The third kappa shape index (κ3) is 5.50. The fraction of sp³-hybridized carbons (Fsp3) is 0.833. The zero-order valence-electron chi connectivity index (χ0n) is 12.8. The standard InChI is InChI=1S/C12H24N4O4S/c1-14(2)12(18)16-7-5-15(6-8-16)11(17)10(13)4-9-21(3,19)20/h10H,4-9,13H2,1-3H3. The third-order valence-corrected chi connectivity index (χ3v) is 4.34. The monoisotopic (exact) mass is 320 g/mol. The molecule has 1 aliphatic rings. The number of rotatable bonds is 4. The number of hydrogen-bond acceptors (Lipinski definition) is 5. The molecule has 0 aromatic rings. The van der Waals surface area contributed by atoms with Crippen LogP contribution in [-0.2, 0) is 14.6 Å². The molecule has 0 aliphatic carbocycles. The maximum atomic E-state index is 12.1. The minimum absolute atomic E-state index is 0.0801. The lowest BCUT2D eigenvalue weighted by molar-refractivity contribution is -0.134. The van der Waals surface area contributed by atoms with Crippen LogP contribution in [0.1, 0.15) is 6.42 Å². The van der Waals surface area contributed by atoms with Crippen LogP contribution < -0.4 is 5.73 Å². The number of nitrogens with two attached hydrogens (primary N) is 1. The molecule has 21 heavy (non-hydrogen) atoms. The average Bonchev–Trinajstić information content (AvgIpc) is 2.42. The zero-order chi connectivity index (χ0) is 16.2. The number of nitrogens with zero attached hydrogens (tertiary/aromatic N) is 3. The summed E-state index contributed by atoms with van der Waals surface area (Å²) in [5.41, 5.74) is 5.75. The second-order valence-electron chi connectivity index (χ2n) is 5.51. The van der Waals surface area contributed by atoms with Gasteiger partial charge < -0.3 is 20.4 Å². The maximum Gasteiger partial charge on any atom is 0.319 e. The van der Waals surface area contributed by atoms with E-state index < -0.39 is 15.9 Å². The first kappa shape index (κ1) is 17.7. The third-order valence-electron chi connectivity index (χ3n) is 3.36. The van der Waals surface area contributed by atoms with Crippen LogP contribution in [0.4, 0.5) is 4.79 Å². The average molecular weight is 320 g/mol. The summed E-state index contributed by atoms with van der Waals surface area (Å²) in [7, 11) is 0.241. The Morgan fingerprint density at radius 2 is 1.62 bits per heavy atom.